The van der Waals surface area contributed by atoms with Gasteiger partial charge in [-0.3, -0.25) is 0 Å². The van der Waals surface area contributed by atoms with E-state index in [0.717, 1.165) is 31.0 Å². The highest BCUT2D eigenvalue weighted by Gasteiger charge is 2.17. The minimum Gasteiger partial charge on any atom is -0.313 e. The Labute approximate surface area is 125 Å². The fraction of sp³-hybridized carbons (Fsp3) is 0.438. The molecule has 1 heterocycles. The minimum atomic E-state index is 0.788. The van der Waals surface area contributed by atoms with Crippen LogP contribution in [0.3, 0.4) is 0 Å². The Bertz CT molecular complexity index is 604. The molecule has 0 saturated carbocycles. The molecule has 3 nitrogen and oxygen atoms in total. The van der Waals surface area contributed by atoms with Gasteiger partial charge in [-0.25, -0.2) is 4.98 Å². The van der Waals surface area contributed by atoms with Crippen molar-refractivity contribution in [3.05, 3.63) is 46.5 Å². The average molecular weight is 290 g/mol. The van der Waals surface area contributed by atoms with E-state index in [1.54, 1.807) is 0 Å². The smallest absolute Gasteiger partial charge is 0.0997 e. The topological polar surface area (TPSA) is 29.9 Å². The third-order valence-electron chi connectivity index (χ3n) is 3.90. The van der Waals surface area contributed by atoms with Gasteiger partial charge in [-0.05, 0) is 56.0 Å². The Morgan fingerprint density at radius 3 is 3.00 bits per heavy atom. The lowest BCUT2D eigenvalue weighted by atomic mass is 10.0. The van der Waals surface area contributed by atoms with E-state index in [-0.39, 0.29) is 0 Å². The van der Waals surface area contributed by atoms with Crippen molar-refractivity contribution in [3.63, 3.8) is 0 Å². The number of fused-ring (bicyclic) bond motifs is 1. The summed E-state index contributed by atoms with van der Waals surface area (Å²) in [6.07, 6.45) is 6.72. The van der Waals surface area contributed by atoms with Crippen molar-refractivity contribution in [2.24, 2.45) is 0 Å². The molecular weight excluding hydrogens is 270 g/mol. The molecule has 106 valence electrons. The number of nitrogens with one attached hydrogen (secondary N) is 1. The quantitative estimate of drug-likeness (QED) is 0.933. The second-order valence-electron chi connectivity index (χ2n) is 5.27. The van der Waals surface area contributed by atoms with Gasteiger partial charge in [-0.2, -0.15) is 0 Å². The molecule has 2 aromatic rings. The van der Waals surface area contributed by atoms with Crippen molar-refractivity contribution < 1.29 is 0 Å². The minimum absolute atomic E-state index is 0.788. The van der Waals surface area contributed by atoms with Gasteiger partial charge in [0, 0.05) is 17.3 Å². The normalized spacial score (nSPS) is 14.3. The standard InChI is InChI=1S/C16H20ClN3/c1-2-18-10-12-9-13(17)7-8-15(12)20-11-19-14-5-3-4-6-16(14)20/h7-9,11,18H,2-6,10H2,1H3. The van der Waals surface area contributed by atoms with Crippen LogP contribution in [0.1, 0.15) is 36.7 Å². The monoisotopic (exact) mass is 289 g/mol. The number of nitrogens with zero attached hydrogens (tertiary/aromatic N) is 2. The van der Waals surface area contributed by atoms with E-state index in [4.69, 9.17) is 11.6 Å². The van der Waals surface area contributed by atoms with E-state index in [1.165, 1.54) is 35.5 Å². The summed E-state index contributed by atoms with van der Waals surface area (Å²) >= 11 is 6.15. The van der Waals surface area contributed by atoms with Gasteiger partial charge in [0.15, 0.2) is 0 Å². The van der Waals surface area contributed by atoms with Crippen LogP contribution in [0.4, 0.5) is 0 Å². The van der Waals surface area contributed by atoms with Crippen molar-refractivity contribution in [2.75, 3.05) is 6.54 Å². The van der Waals surface area contributed by atoms with Crippen LogP contribution in [0.2, 0.25) is 5.02 Å². The summed E-state index contributed by atoms with van der Waals surface area (Å²) in [5.74, 6) is 0. The van der Waals surface area contributed by atoms with Gasteiger partial charge < -0.3 is 9.88 Å². The summed E-state index contributed by atoms with van der Waals surface area (Å²) in [5, 5.41) is 4.17. The molecule has 0 aliphatic heterocycles. The molecule has 0 spiro atoms. The summed E-state index contributed by atoms with van der Waals surface area (Å²) in [5.41, 5.74) is 5.06. The zero-order chi connectivity index (χ0) is 13.9. The first kappa shape index (κ1) is 13.7. The van der Waals surface area contributed by atoms with Crippen molar-refractivity contribution >= 4 is 11.6 Å². The maximum absolute atomic E-state index is 6.15. The molecule has 4 heteroatoms. The summed E-state index contributed by atoms with van der Waals surface area (Å²) in [4.78, 5) is 4.59. The van der Waals surface area contributed by atoms with Crippen LogP contribution in [0.5, 0.6) is 0 Å². The highest BCUT2D eigenvalue weighted by molar-refractivity contribution is 6.30. The predicted molar refractivity (Wildman–Crippen MR) is 82.6 cm³/mol. The number of imidazole rings is 1. The molecular formula is C16H20ClN3. The summed E-state index contributed by atoms with van der Waals surface area (Å²) < 4.78 is 2.25. The van der Waals surface area contributed by atoms with Gasteiger partial charge in [0.25, 0.3) is 0 Å². The lowest BCUT2D eigenvalue weighted by Gasteiger charge is -2.17. The van der Waals surface area contributed by atoms with Gasteiger partial charge >= 0.3 is 0 Å². The number of halogens is 1. The van der Waals surface area contributed by atoms with E-state index in [0.29, 0.717) is 0 Å². The van der Waals surface area contributed by atoms with Crippen LogP contribution in [0.15, 0.2) is 24.5 Å². The predicted octanol–water partition coefficient (Wildman–Crippen LogP) is 3.51. The molecule has 3 rings (SSSR count). The molecule has 1 N–H and O–H groups in total. The Morgan fingerprint density at radius 2 is 2.15 bits per heavy atom. The molecule has 0 atom stereocenters. The number of benzene rings is 1. The molecule has 0 saturated heterocycles. The first-order chi connectivity index (χ1) is 9.79. The van der Waals surface area contributed by atoms with Crippen molar-refractivity contribution in [3.8, 4) is 5.69 Å². The highest BCUT2D eigenvalue weighted by Crippen LogP contribution is 2.26. The van der Waals surface area contributed by atoms with Crippen molar-refractivity contribution in [2.45, 2.75) is 39.2 Å². The Morgan fingerprint density at radius 1 is 1.30 bits per heavy atom. The van der Waals surface area contributed by atoms with E-state index < -0.39 is 0 Å². The molecule has 0 amide bonds. The number of rotatable bonds is 4. The number of aryl methyl sites for hydroxylation is 1. The molecule has 1 aromatic heterocycles. The summed E-state index contributed by atoms with van der Waals surface area (Å²) in [6.45, 7) is 3.90. The Balaban J connectivity index is 2.02. The summed E-state index contributed by atoms with van der Waals surface area (Å²) in [6, 6.07) is 6.11. The second-order valence-corrected chi connectivity index (χ2v) is 5.70. The third-order valence-corrected chi connectivity index (χ3v) is 4.13. The van der Waals surface area contributed by atoms with Crippen LogP contribution < -0.4 is 5.32 Å². The number of aromatic nitrogens is 2. The third kappa shape index (κ3) is 2.60. The molecule has 1 aliphatic carbocycles. The number of hydrogen-bond donors (Lipinski definition) is 1. The fourth-order valence-electron chi connectivity index (χ4n) is 2.87. The second kappa shape index (κ2) is 5.98. The SMILES string of the molecule is CCNCc1cc(Cl)ccc1-n1cnc2c1CCCC2. The van der Waals surface area contributed by atoms with Gasteiger partial charge in [0.2, 0.25) is 0 Å². The van der Waals surface area contributed by atoms with E-state index in [1.807, 2.05) is 12.4 Å². The van der Waals surface area contributed by atoms with Crippen LogP contribution in [-0.4, -0.2) is 16.1 Å². The lowest BCUT2D eigenvalue weighted by Crippen LogP contribution is -2.15. The zero-order valence-electron chi connectivity index (χ0n) is 11.8. The van der Waals surface area contributed by atoms with Crippen LogP contribution in [0, 0.1) is 0 Å². The largest absolute Gasteiger partial charge is 0.313 e. The van der Waals surface area contributed by atoms with Crippen LogP contribution in [0.25, 0.3) is 5.69 Å². The first-order valence-corrected chi connectivity index (χ1v) is 7.72. The van der Waals surface area contributed by atoms with E-state index >= 15 is 0 Å². The maximum atomic E-state index is 6.15. The molecule has 0 fully saturated rings. The Kier molecular flexibility index (Phi) is 4.08. The summed E-state index contributed by atoms with van der Waals surface area (Å²) in [7, 11) is 0. The molecule has 1 aliphatic rings. The first-order valence-electron chi connectivity index (χ1n) is 7.34. The molecule has 0 unspecified atom stereocenters. The lowest BCUT2D eigenvalue weighted by molar-refractivity contribution is 0.653. The van der Waals surface area contributed by atoms with Crippen LogP contribution in [-0.2, 0) is 19.4 Å². The van der Waals surface area contributed by atoms with Gasteiger partial charge in [-0.1, -0.05) is 18.5 Å². The Hall–Kier alpha value is -1.32. The number of hydrogen-bond acceptors (Lipinski definition) is 2. The molecule has 20 heavy (non-hydrogen) atoms. The molecule has 1 aromatic carbocycles. The zero-order valence-corrected chi connectivity index (χ0v) is 12.6. The van der Waals surface area contributed by atoms with Crippen LogP contribution >= 0.6 is 11.6 Å². The molecule has 0 bridgehead atoms. The highest BCUT2D eigenvalue weighted by atomic mass is 35.5. The van der Waals surface area contributed by atoms with Crippen molar-refractivity contribution in [1.82, 2.24) is 14.9 Å². The maximum Gasteiger partial charge on any atom is 0.0997 e. The molecule has 0 radical (unpaired) electrons. The van der Waals surface area contributed by atoms with E-state index in [9.17, 15) is 0 Å². The van der Waals surface area contributed by atoms with Gasteiger partial charge in [0.05, 0.1) is 17.7 Å². The fourth-order valence-corrected chi connectivity index (χ4v) is 3.06. The average Bonchev–Trinajstić information content (AvgIpc) is 2.89. The van der Waals surface area contributed by atoms with Crippen molar-refractivity contribution in [1.29, 1.82) is 0 Å². The van der Waals surface area contributed by atoms with Gasteiger partial charge in [-0.15, -0.1) is 0 Å². The van der Waals surface area contributed by atoms with E-state index in [2.05, 4.69) is 33.9 Å². The van der Waals surface area contributed by atoms with Gasteiger partial charge in [0.1, 0.15) is 0 Å².